The van der Waals surface area contributed by atoms with Gasteiger partial charge >= 0.3 is 0 Å². The Morgan fingerprint density at radius 1 is 1.67 bits per heavy atom. The highest BCUT2D eigenvalue weighted by Gasteiger charge is 2.12. The highest BCUT2D eigenvalue weighted by atomic mass is 16.5. The summed E-state index contributed by atoms with van der Waals surface area (Å²) in [5.74, 6) is 0.440. The van der Waals surface area contributed by atoms with Crippen LogP contribution in [-0.4, -0.2) is 52.5 Å². The van der Waals surface area contributed by atoms with Crippen LogP contribution in [0.5, 0.6) is 0 Å². The Kier molecular flexibility index (Phi) is 6.31. The monoisotopic (exact) mass is 216 g/mol. The van der Waals surface area contributed by atoms with Crippen molar-refractivity contribution in [2.24, 2.45) is 5.92 Å². The van der Waals surface area contributed by atoms with Crippen LogP contribution in [0.15, 0.2) is 0 Å². The standard InChI is InChI=1S/C10H20N2O3/c1-14-8-10(13)12-3-2-9-6-11-4-5-15-7-9/h9,11H,2-8H2,1H3,(H,12,13). The molecule has 0 aromatic rings. The minimum Gasteiger partial charge on any atom is -0.380 e. The number of methoxy groups -OCH3 is 1. The lowest BCUT2D eigenvalue weighted by atomic mass is 10.1. The molecule has 1 aliphatic rings. The van der Waals surface area contributed by atoms with E-state index < -0.39 is 0 Å². The highest BCUT2D eigenvalue weighted by molar-refractivity contribution is 5.77. The molecule has 88 valence electrons. The zero-order valence-electron chi connectivity index (χ0n) is 9.25. The van der Waals surface area contributed by atoms with Crippen molar-refractivity contribution in [3.05, 3.63) is 0 Å². The lowest BCUT2D eigenvalue weighted by Gasteiger charge is -2.13. The fourth-order valence-electron chi connectivity index (χ4n) is 1.54. The molecule has 1 unspecified atom stereocenters. The molecule has 2 N–H and O–H groups in total. The second-order valence-electron chi connectivity index (χ2n) is 3.72. The number of nitrogens with one attached hydrogen (secondary N) is 2. The minimum atomic E-state index is -0.0556. The number of carbonyl (C=O) groups excluding carboxylic acids is 1. The van der Waals surface area contributed by atoms with E-state index in [9.17, 15) is 4.79 Å². The molecule has 1 atom stereocenters. The van der Waals surface area contributed by atoms with Crippen LogP contribution in [0.3, 0.4) is 0 Å². The maximum atomic E-state index is 11.1. The molecule has 5 nitrogen and oxygen atoms in total. The number of ether oxygens (including phenoxy) is 2. The molecule has 5 heteroatoms. The van der Waals surface area contributed by atoms with Crippen molar-refractivity contribution in [3.8, 4) is 0 Å². The van der Waals surface area contributed by atoms with Gasteiger partial charge in [0, 0.05) is 26.7 Å². The molecule has 0 saturated carbocycles. The maximum Gasteiger partial charge on any atom is 0.245 e. The minimum absolute atomic E-state index is 0.0556. The molecule has 1 fully saturated rings. The summed E-state index contributed by atoms with van der Waals surface area (Å²) in [6.45, 7) is 4.30. The van der Waals surface area contributed by atoms with Crippen LogP contribution in [-0.2, 0) is 14.3 Å². The zero-order chi connectivity index (χ0) is 10.9. The summed E-state index contributed by atoms with van der Waals surface area (Å²) in [4.78, 5) is 11.1. The van der Waals surface area contributed by atoms with Gasteiger partial charge in [-0.2, -0.15) is 0 Å². The van der Waals surface area contributed by atoms with Crippen LogP contribution < -0.4 is 10.6 Å². The molecule has 0 radical (unpaired) electrons. The molecule has 0 aliphatic carbocycles. The van der Waals surface area contributed by atoms with E-state index in [0.29, 0.717) is 12.5 Å². The molecule has 1 rings (SSSR count). The van der Waals surface area contributed by atoms with Gasteiger partial charge in [0.25, 0.3) is 0 Å². The van der Waals surface area contributed by atoms with Crippen molar-refractivity contribution in [3.63, 3.8) is 0 Å². The van der Waals surface area contributed by atoms with Crippen LogP contribution in [0.2, 0.25) is 0 Å². The SMILES string of the molecule is COCC(=O)NCCC1CNCCOC1. The predicted octanol–water partition coefficient (Wildman–Crippen LogP) is -0.625. The first-order valence-corrected chi connectivity index (χ1v) is 5.37. The molecule has 0 aromatic carbocycles. The Morgan fingerprint density at radius 2 is 2.53 bits per heavy atom. The zero-order valence-corrected chi connectivity index (χ0v) is 9.25. The summed E-state index contributed by atoms with van der Waals surface area (Å²) in [6.07, 6.45) is 0.947. The summed E-state index contributed by atoms with van der Waals surface area (Å²) >= 11 is 0. The lowest BCUT2D eigenvalue weighted by Crippen LogP contribution is -2.31. The Labute approximate surface area is 90.5 Å². The average Bonchev–Trinajstić information content (AvgIpc) is 2.47. The van der Waals surface area contributed by atoms with Crippen molar-refractivity contribution in [1.82, 2.24) is 10.6 Å². The molecule has 1 saturated heterocycles. The third kappa shape index (κ3) is 5.71. The molecule has 0 bridgehead atoms. The van der Waals surface area contributed by atoms with E-state index in [2.05, 4.69) is 10.6 Å². The van der Waals surface area contributed by atoms with Gasteiger partial charge in [-0.3, -0.25) is 4.79 Å². The van der Waals surface area contributed by atoms with E-state index in [1.54, 1.807) is 0 Å². The topological polar surface area (TPSA) is 59.6 Å². The van der Waals surface area contributed by atoms with Crippen LogP contribution in [0.25, 0.3) is 0 Å². The summed E-state index contributed by atoms with van der Waals surface area (Å²) < 4.78 is 10.1. The molecule has 0 spiro atoms. The van der Waals surface area contributed by atoms with Crippen molar-refractivity contribution in [2.75, 3.05) is 46.6 Å². The molecule has 1 heterocycles. The smallest absolute Gasteiger partial charge is 0.245 e. The number of hydrogen-bond donors (Lipinski definition) is 2. The lowest BCUT2D eigenvalue weighted by molar-refractivity contribution is -0.124. The van der Waals surface area contributed by atoms with E-state index in [-0.39, 0.29) is 12.5 Å². The quantitative estimate of drug-likeness (QED) is 0.643. The van der Waals surface area contributed by atoms with Gasteiger partial charge in [-0.25, -0.2) is 0 Å². The molecule has 1 amide bonds. The average molecular weight is 216 g/mol. The van der Waals surface area contributed by atoms with E-state index in [0.717, 1.165) is 32.7 Å². The third-order valence-electron chi connectivity index (χ3n) is 2.36. The first-order chi connectivity index (χ1) is 7.33. The Morgan fingerprint density at radius 3 is 3.33 bits per heavy atom. The first-order valence-electron chi connectivity index (χ1n) is 5.37. The Hall–Kier alpha value is -0.650. The summed E-state index contributed by atoms with van der Waals surface area (Å²) in [6, 6.07) is 0. The van der Waals surface area contributed by atoms with E-state index in [4.69, 9.17) is 9.47 Å². The molecule has 15 heavy (non-hydrogen) atoms. The third-order valence-corrected chi connectivity index (χ3v) is 2.36. The number of rotatable bonds is 5. The van der Waals surface area contributed by atoms with Crippen LogP contribution >= 0.6 is 0 Å². The van der Waals surface area contributed by atoms with Crippen LogP contribution in [0.1, 0.15) is 6.42 Å². The van der Waals surface area contributed by atoms with Gasteiger partial charge in [0.2, 0.25) is 5.91 Å². The van der Waals surface area contributed by atoms with E-state index in [1.807, 2.05) is 0 Å². The second kappa shape index (κ2) is 7.62. The van der Waals surface area contributed by atoms with Crippen LogP contribution in [0, 0.1) is 5.92 Å². The largest absolute Gasteiger partial charge is 0.380 e. The maximum absolute atomic E-state index is 11.1. The van der Waals surface area contributed by atoms with Gasteiger partial charge in [-0.05, 0) is 12.3 Å². The van der Waals surface area contributed by atoms with E-state index in [1.165, 1.54) is 7.11 Å². The number of hydrogen-bond acceptors (Lipinski definition) is 4. The van der Waals surface area contributed by atoms with Crippen molar-refractivity contribution in [2.45, 2.75) is 6.42 Å². The van der Waals surface area contributed by atoms with Gasteiger partial charge in [0.05, 0.1) is 13.2 Å². The van der Waals surface area contributed by atoms with Gasteiger partial charge in [0.15, 0.2) is 0 Å². The predicted molar refractivity (Wildman–Crippen MR) is 56.7 cm³/mol. The molecule has 1 aliphatic heterocycles. The van der Waals surface area contributed by atoms with Gasteiger partial charge in [-0.15, -0.1) is 0 Å². The molecular formula is C10H20N2O3. The van der Waals surface area contributed by atoms with Gasteiger partial charge < -0.3 is 20.1 Å². The van der Waals surface area contributed by atoms with Gasteiger partial charge in [0.1, 0.15) is 6.61 Å². The fourth-order valence-corrected chi connectivity index (χ4v) is 1.54. The Balaban J connectivity index is 2.05. The first kappa shape index (κ1) is 12.4. The molecule has 0 aromatic heterocycles. The van der Waals surface area contributed by atoms with Crippen LogP contribution in [0.4, 0.5) is 0 Å². The van der Waals surface area contributed by atoms with Crippen molar-refractivity contribution in [1.29, 1.82) is 0 Å². The normalized spacial score (nSPS) is 22.1. The summed E-state index contributed by atoms with van der Waals surface area (Å²) in [7, 11) is 1.52. The summed E-state index contributed by atoms with van der Waals surface area (Å²) in [5.41, 5.74) is 0. The van der Waals surface area contributed by atoms with Crippen molar-refractivity contribution < 1.29 is 14.3 Å². The van der Waals surface area contributed by atoms with Gasteiger partial charge in [-0.1, -0.05) is 0 Å². The summed E-state index contributed by atoms with van der Waals surface area (Å²) in [5, 5.41) is 6.10. The van der Waals surface area contributed by atoms with E-state index >= 15 is 0 Å². The highest BCUT2D eigenvalue weighted by Crippen LogP contribution is 2.03. The fraction of sp³-hybridized carbons (Fsp3) is 0.900. The number of carbonyl (C=O) groups is 1. The number of amides is 1. The molecular weight excluding hydrogens is 196 g/mol. The second-order valence-corrected chi connectivity index (χ2v) is 3.72. The van der Waals surface area contributed by atoms with Crippen molar-refractivity contribution >= 4 is 5.91 Å². The Bertz CT molecular complexity index is 180.